The number of carbonyl (C=O) groups excluding carboxylic acids is 2. The fourth-order valence-electron chi connectivity index (χ4n) is 4.18. The minimum Gasteiger partial charge on any atom is -0.506 e. The van der Waals surface area contributed by atoms with E-state index in [0.717, 1.165) is 36.0 Å². The molecule has 206 valence electrons. The number of likely N-dealkylation sites (N-methyl/N-ethyl adjacent to an activating group) is 1. The summed E-state index contributed by atoms with van der Waals surface area (Å²) < 4.78 is 0. The second kappa shape index (κ2) is 13.7. The standard InChI is InChI=1S/C31H32ClN5O3/c1-36(2)16-17-37(20-22-8-4-3-5-9-22)21-33-31(40)27-14-12-24(25-10-6-7-11-26(25)27)19-34-35-30(39)23-13-15-29(38)28(32)18-23/h3-15,18-19,38H,16-17,20-21H2,1-2H3,(H,33,40)(H,35,39). The van der Waals surface area contributed by atoms with Gasteiger partial charge in [0, 0.05) is 36.3 Å². The molecule has 0 saturated heterocycles. The maximum absolute atomic E-state index is 13.3. The van der Waals surface area contributed by atoms with E-state index in [1.807, 2.05) is 56.6 Å². The summed E-state index contributed by atoms with van der Waals surface area (Å²) in [5.74, 6) is -0.734. The Labute approximate surface area is 238 Å². The molecule has 3 N–H and O–H groups in total. The molecule has 2 amide bonds. The lowest BCUT2D eigenvalue weighted by Crippen LogP contribution is -2.40. The zero-order valence-corrected chi connectivity index (χ0v) is 23.2. The Morgan fingerprint density at radius 2 is 1.62 bits per heavy atom. The molecule has 0 fully saturated rings. The summed E-state index contributed by atoms with van der Waals surface area (Å²) in [7, 11) is 4.06. The van der Waals surface area contributed by atoms with Crippen LogP contribution >= 0.6 is 11.6 Å². The van der Waals surface area contributed by atoms with E-state index in [1.54, 1.807) is 12.1 Å². The first-order valence-electron chi connectivity index (χ1n) is 12.8. The number of rotatable bonds is 11. The van der Waals surface area contributed by atoms with Crippen molar-refractivity contribution in [2.24, 2.45) is 5.10 Å². The van der Waals surface area contributed by atoms with E-state index in [2.05, 4.69) is 37.8 Å². The van der Waals surface area contributed by atoms with Gasteiger partial charge in [0.2, 0.25) is 0 Å². The largest absolute Gasteiger partial charge is 0.506 e. The second-order valence-corrected chi connectivity index (χ2v) is 10.0. The van der Waals surface area contributed by atoms with E-state index < -0.39 is 5.91 Å². The molecule has 4 rings (SSSR count). The summed E-state index contributed by atoms with van der Waals surface area (Å²) in [5, 5.41) is 18.4. The number of aromatic hydroxyl groups is 1. The van der Waals surface area contributed by atoms with Crippen LogP contribution in [-0.2, 0) is 6.54 Å². The molecule has 40 heavy (non-hydrogen) atoms. The summed E-state index contributed by atoms with van der Waals surface area (Å²) >= 11 is 5.89. The number of benzene rings is 4. The Morgan fingerprint density at radius 3 is 2.35 bits per heavy atom. The lowest BCUT2D eigenvalue weighted by Gasteiger charge is -2.24. The third-order valence-electron chi connectivity index (χ3n) is 6.36. The van der Waals surface area contributed by atoms with Crippen LogP contribution in [0.3, 0.4) is 0 Å². The highest BCUT2D eigenvalue weighted by molar-refractivity contribution is 6.32. The SMILES string of the molecule is CN(C)CCN(CNC(=O)c1ccc(C=NNC(=O)c2ccc(O)c(Cl)c2)c2ccccc12)Cc1ccccc1. The lowest BCUT2D eigenvalue weighted by molar-refractivity contribution is 0.0916. The Balaban J connectivity index is 1.46. The fourth-order valence-corrected chi connectivity index (χ4v) is 4.36. The molecule has 0 aliphatic carbocycles. The highest BCUT2D eigenvalue weighted by Gasteiger charge is 2.14. The Morgan fingerprint density at radius 1 is 0.900 bits per heavy atom. The van der Waals surface area contributed by atoms with E-state index in [1.165, 1.54) is 30.0 Å². The molecule has 4 aromatic carbocycles. The van der Waals surface area contributed by atoms with Crippen LogP contribution in [0.1, 0.15) is 31.8 Å². The molecule has 8 nitrogen and oxygen atoms in total. The zero-order valence-electron chi connectivity index (χ0n) is 22.5. The van der Waals surface area contributed by atoms with Gasteiger partial charge < -0.3 is 15.3 Å². The quantitative estimate of drug-likeness (QED) is 0.141. The van der Waals surface area contributed by atoms with Crippen molar-refractivity contribution in [2.75, 3.05) is 33.9 Å². The first kappa shape index (κ1) is 28.8. The van der Waals surface area contributed by atoms with Crippen LogP contribution in [0.2, 0.25) is 5.02 Å². The van der Waals surface area contributed by atoms with E-state index in [0.29, 0.717) is 12.2 Å². The molecule has 0 radical (unpaired) electrons. The van der Waals surface area contributed by atoms with Crippen LogP contribution in [0.5, 0.6) is 5.75 Å². The van der Waals surface area contributed by atoms with Gasteiger partial charge in [-0.25, -0.2) is 5.43 Å². The summed E-state index contributed by atoms with van der Waals surface area (Å²) in [6.07, 6.45) is 1.53. The van der Waals surface area contributed by atoms with Crippen LogP contribution in [0, 0.1) is 0 Å². The van der Waals surface area contributed by atoms with Gasteiger partial charge in [-0.2, -0.15) is 5.10 Å². The number of carbonyl (C=O) groups is 2. The highest BCUT2D eigenvalue weighted by atomic mass is 35.5. The average Bonchev–Trinajstić information content (AvgIpc) is 2.96. The molecule has 0 heterocycles. The fraction of sp³-hybridized carbons (Fsp3) is 0.194. The molecule has 0 bridgehead atoms. The van der Waals surface area contributed by atoms with Crippen molar-refractivity contribution in [3.8, 4) is 5.75 Å². The van der Waals surface area contributed by atoms with Gasteiger partial charge in [-0.1, -0.05) is 72.3 Å². The van der Waals surface area contributed by atoms with Gasteiger partial charge in [0.05, 0.1) is 17.9 Å². The Bertz CT molecular complexity index is 1510. The van der Waals surface area contributed by atoms with Crippen molar-refractivity contribution in [1.82, 2.24) is 20.5 Å². The number of hydrazone groups is 1. The van der Waals surface area contributed by atoms with Gasteiger partial charge in [0.25, 0.3) is 11.8 Å². The normalized spacial score (nSPS) is 11.4. The van der Waals surface area contributed by atoms with Gasteiger partial charge in [-0.15, -0.1) is 0 Å². The molecular weight excluding hydrogens is 526 g/mol. The van der Waals surface area contributed by atoms with Gasteiger partial charge >= 0.3 is 0 Å². The van der Waals surface area contributed by atoms with Crippen molar-refractivity contribution in [3.63, 3.8) is 0 Å². The predicted molar refractivity (Wildman–Crippen MR) is 160 cm³/mol. The van der Waals surface area contributed by atoms with Gasteiger partial charge in [-0.05, 0) is 54.7 Å². The van der Waals surface area contributed by atoms with Crippen LogP contribution in [0.25, 0.3) is 10.8 Å². The number of hydrogen-bond acceptors (Lipinski definition) is 6. The Hall–Kier alpha value is -4.24. The van der Waals surface area contributed by atoms with Gasteiger partial charge in [0.1, 0.15) is 5.75 Å². The van der Waals surface area contributed by atoms with Crippen LogP contribution in [-0.4, -0.2) is 66.8 Å². The third kappa shape index (κ3) is 7.66. The first-order valence-corrected chi connectivity index (χ1v) is 13.2. The smallest absolute Gasteiger partial charge is 0.271 e. The van der Waals surface area contributed by atoms with E-state index in [9.17, 15) is 14.7 Å². The summed E-state index contributed by atoms with van der Waals surface area (Å²) in [6, 6.07) is 25.5. The maximum Gasteiger partial charge on any atom is 0.271 e. The molecule has 0 unspecified atom stereocenters. The third-order valence-corrected chi connectivity index (χ3v) is 6.66. The number of nitrogens with zero attached hydrogens (tertiary/aromatic N) is 3. The van der Waals surface area contributed by atoms with Crippen LogP contribution in [0.15, 0.2) is 90.0 Å². The molecule has 0 aromatic heterocycles. The van der Waals surface area contributed by atoms with E-state index in [-0.39, 0.29) is 22.2 Å². The lowest BCUT2D eigenvalue weighted by atomic mass is 9.99. The van der Waals surface area contributed by atoms with Crippen LogP contribution < -0.4 is 10.7 Å². The zero-order chi connectivity index (χ0) is 28.5. The summed E-state index contributed by atoms with van der Waals surface area (Å²) in [6.45, 7) is 2.82. The number of nitrogens with one attached hydrogen (secondary N) is 2. The molecular formula is C31H32ClN5O3. The van der Waals surface area contributed by atoms with E-state index >= 15 is 0 Å². The van der Waals surface area contributed by atoms with Crippen LogP contribution in [0.4, 0.5) is 0 Å². The molecule has 4 aromatic rings. The topological polar surface area (TPSA) is 97.3 Å². The summed E-state index contributed by atoms with van der Waals surface area (Å²) in [5.41, 5.74) is 5.22. The van der Waals surface area contributed by atoms with Gasteiger partial charge in [0.15, 0.2) is 0 Å². The molecule has 0 saturated carbocycles. The molecule has 9 heteroatoms. The minimum absolute atomic E-state index is 0.0809. The van der Waals surface area contributed by atoms with Crippen molar-refractivity contribution in [3.05, 3.63) is 112 Å². The average molecular weight is 558 g/mol. The highest BCUT2D eigenvalue weighted by Crippen LogP contribution is 2.24. The monoisotopic (exact) mass is 557 g/mol. The maximum atomic E-state index is 13.3. The van der Waals surface area contributed by atoms with E-state index in [4.69, 9.17) is 11.6 Å². The molecule has 0 aliphatic rings. The van der Waals surface area contributed by atoms with Crippen molar-refractivity contribution in [2.45, 2.75) is 6.54 Å². The van der Waals surface area contributed by atoms with Gasteiger partial charge in [-0.3, -0.25) is 14.5 Å². The number of hydrogen-bond donors (Lipinski definition) is 3. The Kier molecular flexibility index (Phi) is 9.86. The molecule has 0 aliphatic heterocycles. The number of phenolic OH excluding ortho intramolecular Hbond substituents is 1. The number of fused-ring (bicyclic) bond motifs is 1. The number of amides is 2. The number of halogens is 1. The molecule has 0 atom stereocenters. The predicted octanol–water partition coefficient (Wildman–Crippen LogP) is 4.71. The second-order valence-electron chi connectivity index (χ2n) is 9.62. The number of phenols is 1. The summed E-state index contributed by atoms with van der Waals surface area (Å²) in [4.78, 5) is 30.0. The van der Waals surface area contributed by atoms with Crippen molar-refractivity contribution >= 4 is 40.4 Å². The molecule has 0 spiro atoms. The first-order chi connectivity index (χ1) is 19.3. The van der Waals surface area contributed by atoms with Crippen molar-refractivity contribution < 1.29 is 14.7 Å². The minimum atomic E-state index is -0.465. The van der Waals surface area contributed by atoms with Crippen molar-refractivity contribution in [1.29, 1.82) is 0 Å².